The highest BCUT2D eigenvalue weighted by Gasteiger charge is 2.52. The number of hydrogen-bond acceptors (Lipinski definition) is 5. The van der Waals surface area contributed by atoms with Gasteiger partial charge in [0.05, 0.1) is 0 Å². The molecule has 1 aliphatic heterocycles. The van der Waals surface area contributed by atoms with Gasteiger partial charge in [0, 0.05) is 12.0 Å². The summed E-state index contributed by atoms with van der Waals surface area (Å²) < 4.78 is 5.72. The van der Waals surface area contributed by atoms with Crippen LogP contribution in [-0.4, -0.2) is 27.0 Å². The minimum absolute atomic E-state index is 0.103. The fourth-order valence-electron chi connectivity index (χ4n) is 3.96. The molecule has 0 bridgehead atoms. The Morgan fingerprint density at radius 3 is 2.12 bits per heavy atom. The van der Waals surface area contributed by atoms with Crippen molar-refractivity contribution in [1.29, 1.82) is 0 Å². The van der Waals surface area contributed by atoms with Crippen molar-refractivity contribution in [3.05, 3.63) is 108 Å². The van der Waals surface area contributed by atoms with Gasteiger partial charge in [-0.2, -0.15) is 0 Å². The summed E-state index contributed by atoms with van der Waals surface area (Å²) in [6.45, 7) is -0.103. The molecule has 3 amide bonds. The van der Waals surface area contributed by atoms with E-state index in [9.17, 15) is 9.59 Å². The highest BCUT2D eigenvalue weighted by atomic mass is 16.4. The van der Waals surface area contributed by atoms with Gasteiger partial charge in [0.25, 0.3) is 5.91 Å². The number of carbonyl (C=O) groups is 2. The van der Waals surface area contributed by atoms with Gasteiger partial charge < -0.3 is 9.73 Å². The summed E-state index contributed by atoms with van der Waals surface area (Å²) in [4.78, 5) is 27.8. The summed E-state index contributed by atoms with van der Waals surface area (Å²) in [5.41, 5.74) is 1.23. The SMILES string of the molecule is O=C1NC(Cc2ccccc2)(c2ccccc2)C(=O)N1Cc1nnc(-c2ccccc2)o1. The van der Waals surface area contributed by atoms with Gasteiger partial charge in [0.2, 0.25) is 11.8 Å². The van der Waals surface area contributed by atoms with Crippen LogP contribution in [0, 0.1) is 0 Å². The second-order valence-electron chi connectivity index (χ2n) is 7.62. The van der Waals surface area contributed by atoms with Crippen LogP contribution < -0.4 is 5.32 Å². The lowest BCUT2D eigenvalue weighted by molar-refractivity contribution is -0.132. The number of benzene rings is 3. The molecule has 0 radical (unpaired) electrons. The second-order valence-corrected chi connectivity index (χ2v) is 7.62. The van der Waals surface area contributed by atoms with Gasteiger partial charge in [-0.3, -0.25) is 9.69 Å². The highest BCUT2D eigenvalue weighted by molar-refractivity contribution is 6.07. The number of imide groups is 1. The molecule has 7 heteroatoms. The number of nitrogens with zero attached hydrogens (tertiary/aromatic N) is 3. The number of rotatable bonds is 6. The Bertz CT molecular complexity index is 1240. The van der Waals surface area contributed by atoms with E-state index < -0.39 is 11.6 Å². The van der Waals surface area contributed by atoms with E-state index in [0.717, 1.165) is 21.6 Å². The van der Waals surface area contributed by atoms with E-state index in [0.29, 0.717) is 12.3 Å². The van der Waals surface area contributed by atoms with Crippen LogP contribution in [0.5, 0.6) is 0 Å². The van der Waals surface area contributed by atoms with Crippen molar-refractivity contribution in [3.63, 3.8) is 0 Å². The number of nitrogens with one attached hydrogen (secondary N) is 1. The largest absolute Gasteiger partial charge is 0.419 e. The molecule has 1 N–H and O–H groups in total. The molecular weight excluding hydrogens is 404 g/mol. The first-order valence-corrected chi connectivity index (χ1v) is 10.3. The summed E-state index contributed by atoms with van der Waals surface area (Å²) in [7, 11) is 0. The van der Waals surface area contributed by atoms with Gasteiger partial charge in [-0.25, -0.2) is 4.79 Å². The van der Waals surface area contributed by atoms with Gasteiger partial charge >= 0.3 is 6.03 Å². The summed E-state index contributed by atoms with van der Waals surface area (Å²) in [5, 5.41) is 11.0. The summed E-state index contributed by atoms with van der Waals surface area (Å²) >= 11 is 0. The Morgan fingerprint density at radius 2 is 1.44 bits per heavy atom. The topological polar surface area (TPSA) is 88.3 Å². The molecule has 0 spiro atoms. The summed E-state index contributed by atoms with van der Waals surface area (Å²) in [6, 6.07) is 27.8. The zero-order valence-electron chi connectivity index (χ0n) is 17.1. The number of amides is 3. The van der Waals surface area contributed by atoms with Gasteiger partial charge in [0.15, 0.2) is 5.54 Å². The van der Waals surface area contributed by atoms with Crippen LogP contribution in [0.1, 0.15) is 17.0 Å². The predicted molar refractivity (Wildman–Crippen MR) is 117 cm³/mol. The maximum absolute atomic E-state index is 13.7. The van der Waals surface area contributed by atoms with Crippen LogP contribution in [-0.2, 0) is 23.3 Å². The van der Waals surface area contributed by atoms with E-state index in [4.69, 9.17) is 4.42 Å². The summed E-state index contributed by atoms with van der Waals surface area (Å²) in [5.74, 6) is 0.180. The van der Waals surface area contributed by atoms with E-state index in [1.165, 1.54) is 0 Å². The molecule has 1 saturated heterocycles. The fraction of sp³-hybridized carbons (Fsp3) is 0.120. The van der Waals surface area contributed by atoms with Crippen molar-refractivity contribution >= 4 is 11.9 Å². The Morgan fingerprint density at radius 1 is 0.812 bits per heavy atom. The minimum atomic E-state index is -1.21. The van der Waals surface area contributed by atoms with Gasteiger partial charge in [0.1, 0.15) is 6.54 Å². The third-order valence-corrected chi connectivity index (χ3v) is 5.54. The van der Waals surface area contributed by atoms with E-state index in [2.05, 4.69) is 15.5 Å². The molecule has 0 aliphatic carbocycles. The van der Waals surface area contributed by atoms with Crippen LogP contribution in [0.4, 0.5) is 4.79 Å². The fourth-order valence-corrected chi connectivity index (χ4v) is 3.96. The molecule has 0 saturated carbocycles. The van der Waals surface area contributed by atoms with Gasteiger partial charge in [-0.05, 0) is 23.3 Å². The van der Waals surface area contributed by atoms with Crippen molar-refractivity contribution in [1.82, 2.24) is 20.4 Å². The number of hydrogen-bond donors (Lipinski definition) is 1. The maximum atomic E-state index is 13.7. The Kier molecular flexibility index (Phi) is 4.99. The standard InChI is InChI=1S/C25H20N4O3/c30-23-25(20-14-8-3-9-15-20,16-18-10-4-1-5-11-18)26-24(31)29(23)17-21-27-28-22(32-21)19-12-6-2-7-13-19/h1-15H,16-17H2,(H,26,31). The maximum Gasteiger partial charge on any atom is 0.325 e. The lowest BCUT2D eigenvalue weighted by Gasteiger charge is -2.27. The molecule has 5 rings (SSSR count). The smallest absolute Gasteiger partial charge is 0.325 e. The number of urea groups is 1. The zero-order valence-corrected chi connectivity index (χ0v) is 17.1. The molecule has 32 heavy (non-hydrogen) atoms. The zero-order chi connectivity index (χ0) is 22.0. The van der Waals surface area contributed by atoms with E-state index in [-0.39, 0.29) is 18.3 Å². The molecule has 1 unspecified atom stereocenters. The van der Waals surface area contributed by atoms with Crippen LogP contribution in [0.25, 0.3) is 11.5 Å². The third kappa shape index (κ3) is 3.54. The monoisotopic (exact) mass is 424 g/mol. The molecule has 4 aromatic rings. The van der Waals surface area contributed by atoms with Crippen molar-refractivity contribution < 1.29 is 14.0 Å². The first-order chi connectivity index (χ1) is 15.7. The van der Waals surface area contributed by atoms with Crippen LogP contribution in [0.15, 0.2) is 95.4 Å². The molecule has 1 fully saturated rings. The molecule has 7 nitrogen and oxygen atoms in total. The first kappa shape index (κ1) is 19.7. The molecule has 1 atom stereocenters. The molecule has 3 aromatic carbocycles. The number of aromatic nitrogens is 2. The molecule has 158 valence electrons. The second kappa shape index (κ2) is 8.11. The lowest BCUT2D eigenvalue weighted by Crippen LogP contribution is -2.46. The molecule has 1 aromatic heterocycles. The normalized spacial score (nSPS) is 18.1. The van der Waals surface area contributed by atoms with Gasteiger partial charge in [-0.15, -0.1) is 10.2 Å². The average Bonchev–Trinajstić information content (AvgIpc) is 3.40. The highest BCUT2D eigenvalue weighted by Crippen LogP contribution is 2.33. The Balaban J connectivity index is 1.46. The Labute approximate surface area is 184 Å². The van der Waals surface area contributed by atoms with Crippen molar-refractivity contribution in [2.75, 3.05) is 0 Å². The van der Waals surface area contributed by atoms with E-state index in [1.54, 1.807) is 0 Å². The van der Waals surface area contributed by atoms with E-state index >= 15 is 0 Å². The van der Waals surface area contributed by atoms with Crippen LogP contribution >= 0.6 is 0 Å². The predicted octanol–water partition coefficient (Wildman–Crippen LogP) is 3.93. The molecular formula is C25H20N4O3. The Hall–Kier alpha value is -4.26. The quantitative estimate of drug-likeness (QED) is 0.474. The molecule has 1 aliphatic rings. The first-order valence-electron chi connectivity index (χ1n) is 10.3. The summed E-state index contributed by atoms with van der Waals surface area (Å²) in [6.07, 6.45) is 0.331. The third-order valence-electron chi connectivity index (χ3n) is 5.54. The number of carbonyl (C=O) groups excluding carboxylic acids is 2. The minimum Gasteiger partial charge on any atom is -0.419 e. The van der Waals surface area contributed by atoms with Crippen molar-refractivity contribution in [3.8, 4) is 11.5 Å². The lowest BCUT2D eigenvalue weighted by atomic mass is 9.83. The van der Waals surface area contributed by atoms with Crippen LogP contribution in [0.2, 0.25) is 0 Å². The van der Waals surface area contributed by atoms with Crippen molar-refractivity contribution in [2.24, 2.45) is 0 Å². The van der Waals surface area contributed by atoms with Crippen molar-refractivity contribution in [2.45, 2.75) is 18.5 Å². The van der Waals surface area contributed by atoms with E-state index in [1.807, 2.05) is 91.0 Å². The average molecular weight is 424 g/mol. The van der Waals surface area contributed by atoms with Crippen LogP contribution in [0.3, 0.4) is 0 Å². The molecule has 2 heterocycles. The van der Waals surface area contributed by atoms with Gasteiger partial charge in [-0.1, -0.05) is 78.9 Å².